The van der Waals surface area contributed by atoms with Crippen molar-refractivity contribution >= 4 is 11.6 Å². The summed E-state index contributed by atoms with van der Waals surface area (Å²) in [7, 11) is 0. The van der Waals surface area contributed by atoms with E-state index in [1.165, 1.54) is 38.5 Å². The Morgan fingerprint density at radius 3 is 1.93 bits per heavy atom. The lowest BCUT2D eigenvalue weighted by Crippen LogP contribution is -3.00. The summed E-state index contributed by atoms with van der Waals surface area (Å²) >= 11 is 0. The number of rotatable bonds is 11. The van der Waals surface area contributed by atoms with Gasteiger partial charge in [0.1, 0.15) is 6.54 Å². The summed E-state index contributed by atoms with van der Waals surface area (Å²) in [6.07, 6.45) is 16.2. The van der Waals surface area contributed by atoms with Gasteiger partial charge in [-0.15, -0.1) is 0 Å². The lowest BCUT2D eigenvalue weighted by atomic mass is 9.87. The first-order chi connectivity index (χ1) is 13.8. The summed E-state index contributed by atoms with van der Waals surface area (Å²) in [6, 6.07) is 13.3. The number of ketones is 2. The molecule has 2 aromatic rings. The van der Waals surface area contributed by atoms with E-state index in [1.807, 2.05) is 18.2 Å². The van der Waals surface area contributed by atoms with Crippen LogP contribution in [-0.4, -0.2) is 11.6 Å². The molecule has 0 saturated heterocycles. The van der Waals surface area contributed by atoms with Crippen molar-refractivity contribution in [2.45, 2.75) is 64.3 Å². The molecule has 29 heavy (non-hydrogen) atoms. The first-order valence-electron chi connectivity index (χ1n) is 10.6. The van der Waals surface area contributed by atoms with E-state index in [1.54, 1.807) is 18.2 Å². The third-order valence-electron chi connectivity index (χ3n) is 5.42. The van der Waals surface area contributed by atoms with Crippen LogP contribution in [0.15, 0.2) is 66.5 Å². The first kappa shape index (κ1) is 23.2. The van der Waals surface area contributed by atoms with Gasteiger partial charge in [0.2, 0.25) is 0 Å². The molecule has 0 unspecified atom stereocenters. The largest absolute Gasteiger partial charge is 1.00 e. The predicted molar refractivity (Wildman–Crippen MR) is 111 cm³/mol. The summed E-state index contributed by atoms with van der Waals surface area (Å²) in [5.74, 6) is 0.00496. The molecule has 0 N–H and O–H groups in total. The fourth-order valence-corrected chi connectivity index (χ4v) is 3.81. The van der Waals surface area contributed by atoms with Gasteiger partial charge in [0.05, 0.1) is 0 Å². The van der Waals surface area contributed by atoms with Gasteiger partial charge >= 0.3 is 0 Å². The van der Waals surface area contributed by atoms with Gasteiger partial charge < -0.3 is 17.0 Å². The number of aromatic nitrogens is 1. The SMILES string of the molecule is O=C1C=C(CCCCCCCCCC[n+]2ccccc2)C(=O)c2ccccc21.[Br-]. The summed E-state index contributed by atoms with van der Waals surface area (Å²) in [5.41, 5.74) is 1.79. The van der Waals surface area contributed by atoms with Crippen LogP contribution in [0.1, 0.15) is 78.5 Å². The van der Waals surface area contributed by atoms with Crippen molar-refractivity contribution in [3.05, 3.63) is 77.6 Å². The first-order valence-corrected chi connectivity index (χ1v) is 10.6. The van der Waals surface area contributed by atoms with Crippen molar-refractivity contribution in [3.8, 4) is 0 Å². The Balaban J connectivity index is 0.00000300. The molecule has 0 bridgehead atoms. The molecule has 4 heteroatoms. The van der Waals surface area contributed by atoms with Crippen LogP contribution < -0.4 is 21.5 Å². The second kappa shape index (κ2) is 12.5. The second-order valence-corrected chi connectivity index (χ2v) is 7.60. The van der Waals surface area contributed by atoms with Crippen LogP contribution in [0, 0.1) is 0 Å². The van der Waals surface area contributed by atoms with Crippen LogP contribution in [0.5, 0.6) is 0 Å². The topological polar surface area (TPSA) is 38.0 Å². The number of Topliss-reactive ketones (excluding diaryl/α,β-unsaturated/α-hetero) is 1. The molecule has 0 spiro atoms. The molecule has 0 radical (unpaired) electrons. The minimum Gasteiger partial charge on any atom is -1.00 e. The van der Waals surface area contributed by atoms with Crippen LogP contribution in [0.4, 0.5) is 0 Å². The van der Waals surface area contributed by atoms with E-state index in [0.717, 1.165) is 19.4 Å². The number of hydrogen-bond acceptors (Lipinski definition) is 2. The number of nitrogens with zero attached hydrogens (tertiary/aromatic N) is 1. The number of fused-ring (bicyclic) bond motifs is 1. The maximum absolute atomic E-state index is 12.5. The Morgan fingerprint density at radius 2 is 1.24 bits per heavy atom. The quantitative estimate of drug-likeness (QED) is 0.385. The monoisotopic (exact) mass is 455 g/mol. The van der Waals surface area contributed by atoms with Crippen molar-refractivity contribution in [1.29, 1.82) is 0 Å². The van der Waals surface area contributed by atoms with Gasteiger partial charge in [-0.3, -0.25) is 9.59 Å². The highest BCUT2D eigenvalue weighted by atomic mass is 79.9. The number of allylic oxidation sites excluding steroid dienone is 2. The van der Waals surface area contributed by atoms with Gasteiger partial charge in [0.15, 0.2) is 24.0 Å². The molecular weight excluding hydrogens is 426 g/mol. The molecular formula is C25H30BrNO2. The number of pyridine rings is 1. The molecule has 154 valence electrons. The molecule has 3 rings (SSSR count). The summed E-state index contributed by atoms with van der Waals surface area (Å²) in [4.78, 5) is 24.7. The number of carbonyl (C=O) groups is 2. The van der Waals surface area contributed by atoms with E-state index in [0.29, 0.717) is 23.1 Å². The van der Waals surface area contributed by atoms with Crippen molar-refractivity contribution in [1.82, 2.24) is 0 Å². The molecule has 0 saturated carbocycles. The second-order valence-electron chi connectivity index (χ2n) is 7.60. The molecule has 1 aliphatic rings. The van der Waals surface area contributed by atoms with Gasteiger partial charge in [-0.1, -0.05) is 62.4 Å². The highest BCUT2D eigenvalue weighted by Gasteiger charge is 2.24. The van der Waals surface area contributed by atoms with Crippen LogP contribution in [0.3, 0.4) is 0 Å². The van der Waals surface area contributed by atoms with E-state index in [4.69, 9.17) is 0 Å². The molecule has 1 aliphatic carbocycles. The van der Waals surface area contributed by atoms with Crippen LogP contribution >= 0.6 is 0 Å². The van der Waals surface area contributed by atoms with E-state index >= 15 is 0 Å². The average molecular weight is 456 g/mol. The average Bonchev–Trinajstić information content (AvgIpc) is 2.73. The van der Waals surface area contributed by atoms with Gasteiger partial charge in [-0.25, -0.2) is 4.57 Å². The lowest BCUT2D eigenvalue weighted by molar-refractivity contribution is -0.697. The maximum Gasteiger partial charge on any atom is 0.189 e. The molecule has 3 nitrogen and oxygen atoms in total. The smallest absolute Gasteiger partial charge is 0.189 e. The van der Waals surface area contributed by atoms with E-state index in [-0.39, 0.29) is 28.5 Å². The van der Waals surface area contributed by atoms with Crippen LogP contribution in [0.25, 0.3) is 0 Å². The fraction of sp³-hybridized carbons (Fsp3) is 0.400. The molecule has 1 heterocycles. The molecule has 0 fully saturated rings. The fourth-order valence-electron chi connectivity index (χ4n) is 3.81. The standard InChI is InChI=1S/C25H30NO2.BrH/c27-24-20-21(25(28)23-16-10-9-15-22(23)24)14-8-5-3-1-2-4-6-11-17-26-18-12-7-13-19-26;/h7,9-10,12-13,15-16,18-20H,1-6,8,11,14,17H2;1H/q+1;/p-1. The van der Waals surface area contributed by atoms with Gasteiger partial charge in [0, 0.05) is 35.3 Å². The Bertz CT molecular complexity index is 830. The molecule has 0 aliphatic heterocycles. The van der Waals surface area contributed by atoms with Crippen LogP contribution in [-0.2, 0) is 6.54 Å². The predicted octanol–water partition coefficient (Wildman–Crippen LogP) is 2.49. The Kier molecular flexibility index (Phi) is 9.99. The summed E-state index contributed by atoms with van der Waals surface area (Å²) < 4.78 is 2.24. The van der Waals surface area contributed by atoms with Gasteiger partial charge in [-0.2, -0.15) is 0 Å². The highest BCUT2D eigenvalue weighted by molar-refractivity contribution is 6.24. The lowest BCUT2D eigenvalue weighted by Gasteiger charge is -2.14. The summed E-state index contributed by atoms with van der Waals surface area (Å²) in [5, 5.41) is 0. The van der Waals surface area contributed by atoms with Crippen LogP contribution in [0.2, 0.25) is 0 Å². The number of benzene rings is 1. The third kappa shape index (κ3) is 7.04. The van der Waals surface area contributed by atoms with Crippen molar-refractivity contribution in [2.75, 3.05) is 0 Å². The molecule has 1 aromatic carbocycles. The Morgan fingerprint density at radius 1 is 0.655 bits per heavy atom. The van der Waals surface area contributed by atoms with Gasteiger partial charge in [0.25, 0.3) is 0 Å². The van der Waals surface area contributed by atoms with E-state index in [2.05, 4.69) is 29.1 Å². The van der Waals surface area contributed by atoms with Crippen molar-refractivity contribution < 1.29 is 31.1 Å². The maximum atomic E-state index is 12.5. The number of unbranched alkanes of at least 4 members (excludes halogenated alkanes) is 7. The van der Waals surface area contributed by atoms with Gasteiger partial charge in [-0.05, 0) is 25.3 Å². The summed E-state index contributed by atoms with van der Waals surface area (Å²) in [6.45, 7) is 1.10. The zero-order chi connectivity index (χ0) is 19.6. The minimum absolute atomic E-state index is 0. The highest BCUT2D eigenvalue weighted by Crippen LogP contribution is 2.24. The Labute approximate surface area is 184 Å². The number of aryl methyl sites for hydroxylation is 1. The molecule has 1 aromatic heterocycles. The molecule has 0 atom stereocenters. The van der Waals surface area contributed by atoms with E-state index in [9.17, 15) is 9.59 Å². The zero-order valence-electron chi connectivity index (χ0n) is 17.0. The van der Waals surface area contributed by atoms with Crippen molar-refractivity contribution in [2.24, 2.45) is 0 Å². The normalized spacial score (nSPS) is 12.9. The number of halogens is 1. The Hall–Kier alpha value is -2.07. The zero-order valence-corrected chi connectivity index (χ0v) is 18.6. The number of hydrogen-bond donors (Lipinski definition) is 0. The van der Waals surface area contributed by atoms with Crippen molar-refractivity contribution in [3.63, 3.8) is 0 Å². The molecule has 0 amide bonds. The third-order valence-corrected chi connectivity index (χ3v) is 5.42. The number of carbonyl (C=O) groups excluding carboxylic acids is 2. The minimum atomic E-state index is -0.0288. The van der Waals surface area contributed by atoms with E-state index < -0.39 is 0 Å².